The number of hydrogen-bond donors (Lipinski definition) is 1. The van der Waals surface area contributed by atoms with Gasteiger partial charge in [0.15, 0.2) is 0 Å². The van der Waals surface area contributed by atoms with Crippen LogP contribution in [0.2, 0.25) is 0 Å². The third-order valence-corrected chi connectivity index (χ3v) is 3.24. The highest BCUT2D eigenvalue weighted by molar-refractivity contribution is 5.92. The van der Waals surface area contributed by atoms with E-state index in [1.807, 2.05) is 18.9 Å². The summed E-state index contributed by atoms with van der Waals surface area (Å²) in [7, 11) is 1.88. The lowest BCUT2D eigenvalue weighted by Crippen LogP contribution is -2.48. The van der Waals surface area contributed by atoms with Crippen molar-refractivity contribution in [2.45, 2.75) is 25.8 Å². The summed E-state index contributed by atoms with van der Waals surface area (Å²) in [5, 5.41) is 3.34. The van der Waals surface area contributed by atoms with Crippen LogP contribution in [0, 0.1) is 0 Å². The molecule has 0 aliphatic carbocycles. The summed E-state index contributed by atoms with van der Waals surface area (Å²) in [4.78, 5) is 18.4. The Morgan fingerprint density at radius 2 is 2.53 bits per heavy atom. The van der Waals surface area contributed by atoms with Crippen LogP contribution in [0.3, 0.4) is 0 Å². The molecule has 0 bridgehead atoms. The summed E-state index contributed by atoms with van der Waals surface area (Å²) >= 11 is 0. The lowest BCUT2D eigenvalue weighted by Gasteiger charge is -2.33. The number of imidazole rings is 1. The number of aryl methyl sites for hydroxylation is 1. The van der Waals surface area contributed by atoms with Crippen molar-refractivity contribution in [2.75, 3.05) is 19.6 Å². The Labute approximate surface area is 102 Å². The van der Waals surface area contributed by atoms with Crippen LogP contribution in [0.5, 0.6) is 0 Å². The number of amides is 1. The van der Waals surface area contributed by atoms with Gasteiger partial charge in [-0.15, -0.1) is 0 Å². The summed E-state index contributed by atoms with van der Waals surface area (Å²) in [6, 6.07) is 0.309. The molecular formula is C12H20N4O. The maximum Gasteiger partial charge on any atom is 0.274 e. The van der Waals surface area contributed by atoms with Crippen LogP contribution in [0.4, 0.5) is 0 Å². The molecule has 1 amide bonds. The Morgan fingerprint density at radius 3 is 3.06 bits per heavy atom. The summed E-state index contributed by atoms with van der Waals surface area (Å²) < 4.78 is 1.81. The molecule has 1 aliphatic rings. The van der Waals surface area contributed by atoms with Crippen molar-refractivity contribution in [3.63, 3.8) is 0 Å². The highest BCUT2D eigenvalue weighted by atomic mass is 16.2. The topological polar surface area (TPSA) is 50.2 Å². The second-order valence-corrected chi connectivity index (χ2v) is 4.52. The van der Waals surface area contributed by atoms with E-state index in [4.69, 9.17) is 0 Å². The average molecular weight is 236 g/mol. The van der Waals surface area contributed by atoms with Gasteiger partial charge in [0.2, 0.25) is 0 Å². The van der Waals surface area contributed by atoms with E-state index in [0.29, 0.717) is 11.7 Å². The zero-order valence-electron chi connectivity index (χ0n) is 10.5. The van der Waals surface area contributed by atoms with Gasteiger partial charge in [-0.25, -0.2) is 4.98 Å². The molecule has 17 heavy (non-hydrogen) atoms. The van der Waals surface area contributed by atoms with E-state index < -0.39 is 0 Å². The molecular weight excluding hydrogens is 216 g/mol. The van der Waals surface area contributed by atoms with E-state index in [0.717, 1.165) is 32.5 Å². The molecule has 1 aromatic heterocycles. The summed E-state index contributed by atoms with van der Waals surface area (Å²) in [6.45, 7) is 4.72. The first kappa shape index (κ1) is 12.1. The van der Waals surface area contributed by atoms with Gasteiger partial charge in [-0.1, -0.05) is 0 Å². The Kier molecular flexibility index (Phi) is 3.78. The minimum atomic E-state index is 0.0433. The van der Waals surface area contributed by atoms with E-state index in [1.54, 1.807) is 17.1 Å². The molecule has 0 saturated carbocycles. The number of hydrogen-bond acceptors (Lipinski definition) is 3. The van der Waals surface area contributed by atoms with E-state index in [9.17, 15) is 4.79 Å². The first-order valence-electron chi connectivity index (χ1n) is 6.22. The SMILES string of the molecule is CCN(C(=O)c1cn(C)cn1)C1CCCNC1. The van der Waals surface area contributed by atoms with Gasteiger partial charge in [0.25, 0.3) is 5.91 Å². The largest absolute Gasteiger partial charge is 0.340 e. The molecule has 1 saturated heterocycles. The zero-order chi connectivity index (χ0) is 12.3. The fourth-order valence-electron chi connectivity index (χ4n) is 2.34. The van der Waals surface area contributed by atoms with E-state index >= 15 is 0 Å². The highest BCUT2D eigenvalue weighted by Crippen LogP contribution is 2.13. The van der Waals surface area contributed by atoms with Crippen molar-refractivity contribution < 1.29 is 4.79 Å². The van der Waals surface area contributed by atoms with Crippen molar-refractivity contribution >= 4 is 5.91 Å². The van der Waals surface area contributed by atoms with Gasteiger partial charge in [-0.05, 0) is 26.3 Å². The number of piperidine rings is 1. The molecule has 5 nitrogen and oxygen atoms in total. The fraction of sp³-hybridized carbons (Fsp3) is 0.667. The van der Waals surface area contributed by atoms with Gasteiger partial charge in [0.05, 0.1) is 6.33 Å². The minimum Gasteiger partial charge on any atom is -0.340 e. The predicted octanol–water partition coefficient (Wildman–Crippen LogP) is 0.634. The van der Waals surface area contributed by atoms with Gasteiger partial charge >= 0.3 is 0 Å². The molecule has 94 valence electrons. The number of rotatable bonds is 3. The molecule has 1 unspecified atom stereocenters. The van der Waals surface area contributed by atoms with Gasteiger partial charge in [0, 0.05) is 32.4 Å². The zero-order valence-corrected chi connectivity index (χ0v) is 10.5. The Balaban J connectivity index is 2.09. The van der Waals surface area contributed by atoms with Crippen molar-refractivity contribution in [1.29, 1.82) is 0 Å². The lowest BCUT2D eigenvalue weighted by atomic mass is 10.1. The molecule has 1 aliphatic heterocycles. The van der Waals surface area contributed by atoms with Crippen LogP contribution < -0.4 is 5.32 Å². The number of likely N-dealkylation sites (N-methyl/N-ethyl adjacent to an activating group) is 1. The Bertz CT molecular complexity index is 382. The van der Waals surface area contributed by atoms with Crippen LogP contribution in [-0.2, 0) is 7.05 Å². The van der Waals surface area contributed by atoms with Crippen LogP contribution >= 0.6 is 0 Å². The number of nitrogens with zero attached hydrogens (tertiary/aromatic N) is 3. The van der Waals surface area contributed by atoms with Crippen LogP contribution in [-0.4, -0.2) is 46.0 Å². The smallest absolute Gasteiger partial charge is 0.274 e. The molecule has 2 heterocycles. The molecule has 0 radical (unpaired) electrons. The highest BCUT2D eigenvalue weighted by Gasteiger charge is 2.25. The maximum atomic E-state index is 12.3. The Morgan fingerprint density at radius 1 is 1.71 bits per heavy atom. The summed E-state index contributed by atoms with van der Waals surface area (Å²) in [6.07, 6.45) is 5.66. The predicted molar refractivity (Wildman–Crippen MR) is 65.8 cm³/mol. The molecule has 0 aromatic carbocycles. The maximum absolute atomic E-state index is 12.3. The summed E-state index contributed by atoms with van der Waals surface area (Å²) in [5.41, 5.74) is 0.542. The standard InChI is InChI=1S/C12H20N4O/c1-3-16(10-5-4-6-13-7-10)12(17)11-8-15(2)9-14-11/h8-10,13H,3-7H2,1-2H3. The van der Waals surface area contributed by atoms with E-state index in [1.165, 1.54) is 0 Å². The second-order valence-electron chi connectivity index (χ2n) is 4.52. The normalized spacial score (nSPS) is 20.2. The minimum absolute atomic E-state index is 0.0433. The van der Waals surface area contributed by atoms with E-state index in [2.05, 4.69) is 10.3 Å². The molecule has 2 rings (SSSR count). The molecule has 1 N–H and O–H groups in total. The van der Waals surface area contributed by atoms with Crippen molar-refractivity contribution in [2.24, 2.45) is 7.05 Å². The number of carbonyl (C=O) groups excluding carboxylic acids is 1. The first-order chi connectivity index (χ1) is 8.22. The fourth-order valence-corrected chi connectivity index (χ4v) is 2.34. The second kappa shape index (κ2) is 5.31. The Hall–Kier alpha value is -1.36. The third kappa shape index (κ3) is 2.66. The monoisotopic (exact) mass is 236 g/mol. The molecule has 5 heteroatoms. The molecule has 1 fully saturated rings. The van der Waals surface area contributed by atoms with Crippen molar-refractivity contribution in [3.05, 3.63) is 18.2 Å². The van der Waals surface area contributed by atoms with Crippen LogP contribution in [0.25, 0.3) is 0 Å². The number of carbonyl (C=O) groups is 1. The quantitative estimate of drug-likeness (QED) is 0.837. The van der Waals surface area contributed by atoms with Gasteiger partial charge in [0.1, 0.15) is 5.69 Å². The third-order valence-electron chi connectivity index (χ3n) is 3.24. The molecule has 0 spiro atoms. The average Bonchev–Trinajstić information content (AvgIpc) is 2.78. The molecule has 1 aromatic rings. The van der Waals surface area contributed by atoms with Crippen LogP contribution in [0.15, 0.2) is 12.5 Å². The van der Waals surface area contributed by atoms with Crippen molar-refractivity contribution in [3.8, 4) is 0 Å². The van der Waals surface area contributed by atoms with Crippen molar-refractivity contribution in [1.82, 2.24) is 19.8 Å². The molecule has 1 atom stereocenters. The van der Waals surface area contributed by atoms with E-state index in [-0.39, 0.29) is 5.91 Å². The van der Waals surface area contributed by atoms with Gasteiger partial charge < -0.3 is 14.8 Å². The first-order valence-corrected chi connectivity index (χ1v) is 6.22. The van der Waals surface area contributed by atoms with Gasteiger partial charge in [-0.2, -0.15) is 0 Å². The lowest BCUT2D eigenvalue weighted by molar-refractivity contribution is 0.0656. The number of aromatic nitrogens is 2. The van der Waals surface area contributed by atoms with Gasteiger partial charge in [-0.3, -0.25) is 4.79 Å². The number of nitrogens with one attached hydrogen (secondary N) is 1. The summed E-state index contributed by atoms with van der Waals surface area (Å²) in [5.74, 6) is 0.0433. The van der Waals surface area contributed by atoms with Crippen LogP contribution in [0.1, 0.15) is 30.3 Å².